The number of anilines is 1. The maximum atomic E-state index is 12.4. The van der Waals surface area contributed by atoms with Gasteiger partial charge < -0.3 is 5.73 Å². The third kappa shape index (κ3) is 1.36. The van der Waals surface area contributed by atoms with Crippen molar-refractivity contribution in [1.29, 1.82) is 0 Å². The van der Waals surface area contributed by atoms with Crippen LogP contribution < -0.4 is 5.73 Å². The van der Waals surface area contributed by atoms with Crippen molar-refractivity contribution >= 4 is 28.9 Å². The van der Waals surface area contributed by atoms with Gasteiger partial charge in [0.25, 0.3) is 0 Å². The van der Waals surface area contributed by atoms with Gasteiger partial charge in [0.1, 0.15) is 10.0 Å². The lowest BCUT2D eigenvalue weighted by Crippen LogP contribution is -1.98. The van der Waals surface area contributed by atoms with E-state index in [0.717, 1.165) is 0 Å². The Labute approximate surface area is 70.9 Å². The first-order valence-electron chi connectivity index (χ1n) is 2.49. The molecule has 6 heteroatoms. The number of hydrogen-bond donors (Lipinski definition) is 1. The zero-order chi connectivity index (χ0) is 8.59. The van der Waals surface area contributed by atoms with Gasteiger partial charge in [0.2, 0.25) is 11.9 Å². The second-order valence-corrected chi connectivity index (χ2v) is 2.49. The Kier molecular flexibility index (Phi) is 2.15. The summed E-state index contributed by atoms with van der Waals surface area (Å²) in [6.45, 7) is 0. The van der Waals surface area contributed by atoms with Crippen LogP contribution in [-0.4, -0.2) is 4.98 Å². The summed E-state index contributed by atoms with van der Waals surface area (Å²) < 4.78 is 24.8. The molecule has 0 radical (unpaired) electrons. The van der Waals surface area contributed by atoms with Crippen LogP contribution in [0.25, 0.3) is 0 Å². The van der Waals surface area contributed by atoms with E-state index in [0.29, 0.717) is 0 Å². The molecule has 0 saturated heterocycles. The van der Waals surface area contributed by atoms with E-state index in [4.69, 9.17) is 28.9 Å². The molecule has 1 rings (SSSR count). The van der Waals surface area contributed by atoms with Gasteiger partial charge in [0.15, 0.2) is 0 Å². The molecule has 2 nitrogen and oxygen atoms in total. The molecule has 0 aromatic carbocycles. The molecule has 1 aromatic rings. The maximum Gasteiger partial charge on any atom is 0.236 e. The van der Waals surface area contributed by atoms with E-state index < -0.39 is 21.9 Å². The SMILES string of the molecule is Nc1c(Cl)c(F)nc(F)c1Cl. The molecule has 0 aliphatic carbocycles. The summed E-state index contributed by atoms with van der Waals surface area (Å²) in [6.07, 6.45) is 0. The number of aromatic nitrogens is 1. The van der Waals surface area contributed by atoms with E-state index in [1.54, 1.807) is 0 Å². The zero-order valence-electron chi connectivity index (χ0n) is 5.04. The lowest BCUT2D eigenvalue weighted by Gasteiger charge is -2.00. The summed E-state index contributed by atoms with van der Waals surface area (Å²) in [4.78, 5) is 2.76. The quantitative estimate of drug-likeness (QED) is 0.650. The van der Waals surface area contributed by atoms with Gasteiger partial charge in [-0.15, -0.1) is 0 Å². The normalized spacial score (nSPS) is 10.2. The van der Waals surface area contributed by atoms with Crippen LogP contribution in [0.15, 0.2) is 0 Å². The molecule has 1 heterocycles. The van der Waals surface area contributed by atoms with E-state index in [9.17, 15) is 8.78 Å². The highest BCUT2D eigenvalue weighted by Gasteiger charge is 2.14. The highest BCUT2D eigenvalue weighted by atomic mass is 35.5. The highest BCUT2D eigenvalue weighted by Crippen LogP contribution is 2.29. The minimum atomic E-state index is -1.16. The minimum Gasteiger partial charge on any atom is -0.396 e. The van der Waals surface area contributed by atoms with E-state index >= 15 is 0 Å². The average molecular weight is 199 g/mol. The van der Waals surface area contributed by atoms with Gasteiger partial charge in [-0.1, -0.05) is 23.2 Å². The van der Waals surface area contributed by atoms with Crippen LogP contribution in [0.1, 0.15) is 0 Å². The topological polar surface area (TPSA) is 38.9 Å². The van der Waals surface area contributed by atoms with Crippen LogP contribution >= 0.6 is 23.2 Å². The van der Waals surface area contributed by atoms with Gasteiger partial charge in [0.05, 0.1) is 5.69 Å². The predicted octanol–water partition coefficient (Wildman–Crippen LogP) is 2.25. The summed E-state index contributed by atoms with van der Waals surface area (Å²) in [5.41, 5.74) is 4.76. The van der Waals surface area contributed by atoms with Crippen LogP contribution in [0.3, 0.4) is 0 Å². The fraction of sp³-hybridized carbons (Fsp3) is 0. The highest BCUT2D eigenvalue weighted by molar-refractivity contribution is 6.38. The molecule has 1 aromatic heterocycles. The minimum absolute atomic E-state index is 0.335. The Hall–Kier alpha value is -0.610. The van der Waals surface area contributed by atoms with Crippen molar-refractivity contribution in [1.82, 2.24) is 4.98 Å². The van der Waals surface area contributed by atoms with Crippen LogP contribution in [0.2, 0.25) is 10.0 Å². The summed E-state index contributed by atoms with van der Waals surface area (Å²) in [5.74, 6) is -2.32. The van der Waals surface area contributed by atoms with Crippen molar-refractivity contribution in [3.63, 3.8) is 0 Å². The second kappa shape index (κ2) is 2.79. The molecular formula is C5H2Cl2F2N2. The smallest absolute Gasteiger partial charge is 0.236 e. The Bertz CT molecular complexity index is 277. The van der Waals surface area contributed by atoms with Crippen molar-refractivity contribution in [2.75, 3.05) is 5.73 Å². The van der Waals surface area contributed by atoms with Gasteiger partial charge >= 0.3 is 0 Å². The van der Waals surface area contributed by atoms with Gasteiger partial charge in [0, 0.05) is 0 Å². The summed E-state index contributed by atoms with van der Waals surface area (Å²) >= 11 is 10.5. The molecule has 0 saturated carbocycles. The number of nitrogens with two attached hydrogens (primary N) is 1. The number of rotatable bonds is 0. The molecule has 0 aliphatic heterocycles. The lowest BCUT2D eigenvalue weighted by molar-refractivity contribution is 0.514. The molecule has 0 atom stereocenters. The van der Waals surface area contributed by atoms with Crippen LogP contribution in [-0.2, 0) is 0 Å². The van der Waals surface area contributed by atoms with E-state index in [-0.39, 0.29) is 5.69 Å². The van der Waals surface area contributed by atoms with Gasteiger partial charge in [-0.05, 0) is 0 Å². The molecule has 2 N–H and O–H groups in total. The molecule has 0 bridgehead atoms. The van der Waals surface area contributed by atoms with Crippen molar-refractivity contribution in [3.05, 3.63) is 21.9 Å². The predicted molar refractivity (Wildman–Crippen MR) is 38.6 cm³/mol. The first kappa shape index (κ1) is 8.49. The molecule has 0 fully saturated rings. The summed E-state index contributed by atoms with van der Waals surface area (Å²) in [6, 6.07) is 0. The van der Waals surface area contributed by atoms with Crippen molar-refractivity contribution in [3.8, 4) is 0 Å². The first-order valence-corrected chi connectivity index (χ1v) is 3.25. The maximum absolute atomic E-state index is 12.4. The Morgan fingerprint density at radius 1 is 1.09 bits per heavy atom. The van der Waals surface area contributed by atoms with E-state index in [1.165, 1.54) is 0 Å². The van der Waals surface area contributed by atoms with Crippen LogP contribution in [0.4, 0.5) is 14.5 Å². The molecule has 60 valence electrons. The zero-order valence-corrected chi connectivity index (χ0v) is 6.55. The van der Waals surface area contributed by atoms with Crippen LogP contribution in [0.5, 0.6) is 0 Å². The molecule has 0 amide bonds. The molecule has 11 heavy (non-hydrogen) atoms. The molecule has 0 unspecified atom stereocenters. The van der Waals surface area contributed by atoms with E-state index in [1.807, 2.05) is 0 Å². The number of nitrogen functional groups attached to an aromatic ring is 1. The fourth-order valence-electron chi connectivity index (χ4n) is 0.503. The number of hydrogen-bond acceptors (Lipinski definition) is 2. The third-order valence-electron chi connectivity index (χ3n) is 1.03. The number of halogens is 4. The van der Waals surface area contributed by atoms with Crippen molar-refractivity contribution in [2.24, 2.45) is 0 Å². The van der Waals surface area contributed by atoms with Gasteiger partial charge in [-0.25, -0.2) is 0 Å². The van der Waals surface area contributed by atoms with Gasteiger partial charge in [-0.3, -0.25) is 0 Å². The average Bonchev–Trinajstić information content (AvgIpc) is 1.97. The second-order valence-electron chi connectivity index (χ2n) is 1.74. The molecule has 0 spiro atoms. The van der Waals surface area contributed by atoms with Gasteiger partial charge in [-0.2, -0.15) is 13.8 Å². The number of pyridine rings is 1. The Morgan fingerprint density at radius 2 is 1.45 bits per heavy atom. The monoisotopic (exact) mass is 198 g/mol. The van der Waals surface area contributed by atoms with Crippen LogP contribution in [0, 0.1) is 11.9 Å². The largest absolute Gasteiger partial charge is 0.396 e. The fourth-order valence-corrected chi connectivity index (χ4v) is 0.825. The Balaban J connectivity index is 3.46. The summed E-state index contributed by atoms with van der Waals surface area (Å²) in [7, 11) is 0. The van der Waals surface area contributed by atoms with E-state index in [2.05, 4.69) is 4.98 Å². The Morgan fingerprint density at radius 3 is 1.82 bits per heavy atom. The standard InChI is InChI=1S/C5H2Cl2F2N2/c6-1-3(10)2(7)5(9)11-4(1)8/h(H2,10,11). The first-order chi connectivity index (χ1) is 5.04. The third-order valence-corrected chi connectivity index (χ3v) is 1.75. The van der Waals surface area contributed by atoms with Crippen molar-refractivity contribution in [2.45, 2.75) is 0 Å². The molecular weight excluding hydrogens is 197 g/mol. The van der Waals surface area contributed by atoms with Crippen molar-refractivity contribution < 1.29 is 8.78 Å². The summed E-state index contributed by atoms with van der Waals surface area (Å²) in [5, 5.41) is -0.923. The number of nitrogens with zero attached hydrogens (tertiary/aromatic N) is 1. The molecule has 0 aliphatic rings. The lowest BCUT2D eigenvalue weighted by atomic mass is 10.4.